The van der Waals surface area contributed by atoms with Crippen LogP contribution in [0.5, 0.6) is 0 Å². The van der Waals surface area contributed by atoms with Crippen molar-refractivity contribution >= 4 is 17.5 Å². The number of halogens is 1. The second kappa shape index (κ2) is 5.41. The number of carbonyl (C=O) groups is 1. The van der Waals surface area contributed by atoms with Gasteiger partial charge in [-0.1, -0.05) is 18.0 Å². The zero-order valence-corrected chi connectivity index (χ0v) is 12.6. The highest BCUT2D eigenvalue weighted by molar-refractivity contribution is 6.31. The summed E-state index contributed by atoms with van der Waals surface area (Å²) in [5, 5.41) is 3.84. The van der Waals surface area contributed by atoms with Crippen LogP contribution in [0.25, 0.3) is 0 Å². The minimum atomic E-state index is -0.0169. The monoisotopic (exact) mass is 295 g/mol. The topological polar surface area (TPSA) is 60.0 Å². The Morgan fingerprint density at radius 2 is 2.05 bits per heavy atom. The largest absolute Gasteiger partial charge is 0.347 e. The van der Waals surface area contributed by atoms with E-state index >= 15 is 0 Å². The standard InChI is InChI=1S/C15H22ClN3O/c1-19-8-11(16)7-13(19)15(20)18-14-9-3-2-4-10(14)6-12(17)5-9/h7-10,12,14H,2-6,17H2,1H3,(H,18,20). The predicted molar refractivity (Wildman–Crippen MR) is 79.7 cm³/mol. The molecular formula is C15H22ClN3O. The summed E-state index contributed by atoms with van der Waals surface area (Å²) >= 11 is 5.95. The summed E-state index contributed by atoms with van der Waals surface area (Å²) < 4.78 is 1.78. The fourth-order valence-corrected chi connectivity index (χ4v) is 4.25. The molecule has 0 aromatic carbocycles. The lowest BCUT2D eigenvalue weighted by Crippen LogP contribution is -2.53. The Hall–Kier alpha value is -1.00. The zero-order valence-electron chi connectivity index (χ0n) is 11.8. The van der Waals surface area contributed by atoms with Crippen molar-refractivity contribution in [3.8, 4) is 0 Å². The highest BCUT2D eigenvalue weighted by Crippen LogP contribution is 2.39. The Morgan fingerprint density at radius 1 is 1.40 bits per heavy atom. The van der Waals surface area contributed by atoms with Crippen LogP contribution >= 0.6 is 11.6 Å². The first-order valence-electron chi connectivity index (χ1n) is 7.43. The van der Waals surface area contributed by atoms with E-state index in [2.05, 4.69) is 5.32 Å². The molecule has 2 aliphatic rings. The first-order valence-corrected chi connectivity index (χ1v) is 7.80. The summed E-state index contributed by atoms with van der Waals surface area (Å²) in [5.41, 5.74) is 6.75. The van der Waals surface area contributed by atoms with Crippen molar-refractivity contribution in [3.63, 3.8) is 0 Å². The average Bonchev–Trinajstić information content (AvgIpc) is 2.69. The van der Waals surface area contributed by atoms with Gasteiger partial charge in [-0.2, -0.15) is 0 Å². The summed E-state index contributed by atoms with van der Waals surface area (Å²) in [5.74, 6) is 1.06. The molecule has 3 N–H and O–H groups in total. The normalized spacial score (nSPS) is 33.0. The summed E-state index contributed by atoms with van der Waals surface area (Å²) in [6.07, 6.45) is 7.47. The minimum Gasteiger partial charge on any atom is -0.347 e. The molecule has 20 heavy (non-hydrogen) atoms. The number of aryl methyl sites for hydroxylation is 1. The Kier molecular flexibility index (Phi) is 3.78. The number of aromatic nitrogens is 1. The first-order chi connectivity index (χ1) is 9.54. The van der Waals surface area contributed by atoms with Gasteiger partial charge >= 0.3 is 0 Å². The highest BCUT2D eigenvalue weighted by Gasteiger charge is 2.40. The van der Waals surface area contributed by atoms with Crippen LogP contribution in [0.3, 0.4) is 0 Å². The van der Waals surface area contributed by atoms with E-state index in [-0.39, 0.29) is 11.9 Å². The van der Waals surface area contributed by atoms with Gasteiger partial charge in [0.25, 0.3) is 5.91 Å². The maximum atomic E-state index is 12.4. The van der Waals surface area contributed by atoms with E-state index in [9.17, 15) is 4.79 Å². The van der Waals surface area contributed by atoms with Crippen LogP contribution in [0.4, 0.5) is 0 Å². The molecular weight excluding hydrogens is 274 g/mol. The van der Waals surface area contributed by atoms with E-state index in [0.29, 0.717) is 28.6 Å². The molecule has 2 saturated carbocycles. The number of fused-ring (bicyclic) bond motifs is 2. The average molecular weight is 296 g/mol. The molecule has 1 aromatic rings. The summed E-state index contributed by atoms with van der Waals surface area (Å²) in [6.45, 7) is 0. The second-order valence-electron chi connectivity index (χ2n) is 6.34. The molecule has 0 aliphatic heterocycles. The van der Waals surface area contributed by atoms with Gasteiger partial charge in [-0.25, -0.2) is 0 Å². The van der Waals surface area contributed by atoms with Gasteiger partial charge < -0.3 is 15.6 Å². The molecule has 1 aromatic heterocycles. The third-order valence-electron chi connectivity index (χ3n) is 4.88. The third kappa shape index (κ3) is 2.59. The lowest BCUT2D eigenvalue weighted by molar-refractivity contribution is 0.0749. The SMILES string of the molecule is Cn1cc(Cl)cc1C(=O)NC1C2CCCC1CC(N)C2. The number of rotatable bonds is 2. The van der Waals surface area contributed by atoms with Gasteiger partial charge in [-0.05, 0) is 43.6 Å². The van der Waals surface area contributed by atoms with Crippen LogP contribution < -0.4 is 11.1 Å². The smallest absolute Gasteiger partial charge is 0.268 e. The van der Waals surface area contributed by atoms with Gasteiger partial charge in [0.1, 0.15) is 5.69 Å². The Bertz CT molecular complexity index is 499. The van der Waals surface area contributed by atoms with Crippen LogP contribution in [0, 0.1) is 11.8 Å². The third-order valence-corrected chi connectivity index (χ3v) is 5.09. The van der Waals surface area contributed by atoms with Gasteiger partial charge in [0.15, 0.2) is 0 Å². The van der Waals surface area contributed by atoms with Crippen LogP contribution in [-0.2, 0) is 7.05 Å². The van der Waals surface area contributed by atoms with Crippen LogP contribution in [-0.4, -0.2) is 22.6 Å². The molecule has 0 spiro atoms. The van der Waals surface area contributed by atoms with E-state index in [0.717, 1.165) is 12.8 Å². The number of nitrogens with zero attached hydrogens (tertiary/aromatic N) is 1. The number of nitrogens with two attached hydrogens (primary N) is 1. The van der Waals surface area contributed by atoms with E-state index < -0.39 is 0 Å². The summed E-state index contributed by atoms with van der Waals surface area (Å²) in [6, 6.07) is 2.31. The van der Waals surface area contributed by atoms with Crippen molar-refractivity contribution in [1.29, 1.82) is 0 Å². The minimum absolute atomic E-state index is 0.0169. The molecule has 1 amide bonds. The van der Waals surface area contributed by atoms with Crippen molar-refractivity contribution in [3.05, 3.63) is 23.0 Å². The van der Waals surface area contributed by atoms with E-state index in [1.807, 2.05) is 7.05 Å². The lowest BCUT2D eigenvalue weighted by atomic mass is 9.67. The molecule has 2 unspecified atom stereocenters. The Morgan fingerprint density at radius 3 is 2.60 bits per heavy atom. The molecule has 2 fully saturated rings. The quantitative estimate of drug-likeness (QED) is 0.879. The molecule has 0 radical (unpaired) electrons. The molecule has 110 valence electrons. The number of nitrogens with one attached hydrogen (secondary N) is 1. The van der Waals surface area contributed by atoms with Crippen molar-refractivity contribution < 1.29 is 4.79 Å². The lowest BCUT2D eigenvalue weighted by Gasteiger charge is -2.45. The van der Waals surface area contributed by atoms with Crippen molar-refractivity contribution in [2.24, 2.45) is 24.6 Å². The maximum absolute atomic E-state index is 12.4. The molecule has 5 heteroatoms. The zero-order chi connectivity index (χ0) is 14.3. The van der Waals surface area contributed by atoms with Gasteiger partial charge in [-0.3, -0.25) is 4.79 Å². The molecule has 2 aliphatic carbocycles. The van der Waals surface area contributed by atoms with E-state index in [1.165, 1.54) is 19.3 Å². The Labute approximate surface area is 124 Å². The van der Waals surface area contributed by atoms with Crippen LogP contribution in [0.1, 0.15) is 42.6 Å². The number of hydrogen-bond acceptors (Lipinski definition) is 2. The first kappa shape index (κ1) is 14.0. The Balaban J connectivity index is 1.74. The van der Waals surface area contributed by atoms with Crippen molar-refractivity contribution in [2.75, 3.05) is 0 Å². The maximum Gasteiger partial charge on any atom is 0.268 e. The molecule has 2 atom stereocenters. The van der Waals surface area contributed by atoms with Gasteiger partial charge in [0, 0.05) is 25.3 Å². The van der Waals surface area contributed by atoms with Crippen LogP contribution in [0.15, 0.2) is 12.3 Å². The van der Waals surface area contributed by atoms with Crippen molar-refractivity contribution in [1.82, 2.24) is 9.88 Å². The van der Waals surface area contributed by atoms with Crippen molar-refractivity contribution in [2.45, 2.75) is 44.2 Å². The van der Waals surface area contributed by atoms with Gasteiger partial charge in [0.05, 0.1) is 5.02 Å². The molecule has 3 rings (SSSR count). The summed E-state index contributed by atoms with van der Waals surface area (Å²) in [4.78, 5) is 12.4. The fraction of sp³-hybridized carbons (Fsp3) is 0.667. The molecule has 4 nitrogen and oxygen atoms in total. The van der Waals surface area contributed by atoms with E-state index in [1.54, 1.807) is 16.8 Å². The summed E-state index contributed by atoms with van der Waals surface area (Å²) in [7, 11) is 1.85. The number of hydrogen-bond donors (Lipinski definition) is 2. The van der Waals surface area contributed by atoms with Crippen LogP contribution in [0.2, 0.25) is 5.02 Å². The molecule has 1 heterocycles. The molecule has 2 bridgehead atoms. The van der Waals surface area contributed by atoms with E-state index in [4.69, 9.17) is 17.3 Å². The number of amides is 1. The fourth-order valence-electron chi connectivity index (χ4n) is 4.00. The second-order valence-corrected chi connectivity index (χ2v) is 6.77. The highest BCUT2D eigenvalue weighted by atomic mass is 35.5. The predicted octanol–water partition coefficient (Wildman–Crippen LogP) is 2.31. The van der Waals surface area contributed by atoms with Gasteiger partial charge in [0.2, 0.25) is 0 Å². The number of carbonyl (C=O) groups excluding carboxylic acids is 1. The van der Waals surface area contributed by atoms with Gasteiger partial charge in [-0.15, -0.1) is 0 Å². The molecule has 0 saturated heterocycles.